The summed E-state index contributed by atoms with van der Waals surface area (Å²) in [7, 11) is -7.44. The zero-order valence-corrected chi connectivity index (χ0v) is 24.1. The second-order valence-corrected chi connectivity index (χ2v) is 14.9. The van der Waals surface area contributed by atoms with E-state index in [2.05, 4.69) is 5.32 Å². The Bertz CT molecular complexity index is 1480. The van der Waals surface area contributed by atoms with Crippen LogP contribution in [-0.2, 0) is 34.9 Å². The van der Waals surface area contributed by atoms with Gasteiger partial charge in [0.1, 0.15) is 17.2 Å². The number of benzene rings is 2. The number of hydrogen-bond acceptors (Lipinski definition) is 8. The fourth-order valence-corrected chi connectivity index (χ4v) is 7.38. The molecule has 0 spiro atoms. The highest BCUT2D eigenvalue weighted by Crippen LogP contribution is 2.31. The van der Waals surface area contributed by atoms with Gasteiger partial charge in [0.15, 0.2) is 0 Å². The topological polar surface area (TPSA) is 150 Å². The molecule has 1 aliphatic rings. The van der Waals surface area contributed by atoms with E-state index in [0.29, 0.717) is 13.1 Å². The van der Waals surface area contributed by atoms with Crippen LogP contribution >= 0.6 is 0 Å². The summed E-state index contributed by atoms with van der Waals surface area (Å²) in [4.78, 5) is 12.7. The predicted molar refractivity (Wildman–Crippen MR) is 144 cm³/mol. The van der Waals surface area contributed by atoms with Crippen LogP contribution in [0.4, 0.5) is 11.4 Å². The van der Waals surface area contributed by atoms with E-state index in [9.17, 15) is 30.0 Å². The highest BCUT2D eigenvalue weighted by atomic mass is 32.2. The number of hydrogen-bond donors (Lipinski definition) is 1. The lowest BCUT2D eigenvalue weighted by Gasteiger charge is -2.27. The fraction of sp³-hybridized carbons (Fsp3) is 0.435. The first-order valence-electron chi connectivity index (χ1n) is 11.7. The smallest absolute Gasteiger partial charge is 0.246 e. The van der Waals surface area contributed by atoms with E-state index in [1.54, 1.807) is 0 Å². The normalized spacial score (nSPS) is 15.3. The molecule has 1 saturated heterocycles. The zero-order valence-electron chi connectivity index (χ0n) is 21.6. The van der Waals surface area contributed by atoms with Gasteiger partial charge in [-0.25, -0.2) is 29.6 Å². The van der Waals surface area contributed by atoms with Crippen LogP contribution in [0.5, 0.6) is 5.75 Å². The zero-order chi connectivity index (χ0) is 28.3. The molecule has 0 bridgehead atoms. The van der Waals surface area contributed by atoms with Gasteiger partial charge in [-0.3, -0.25) is 9.10 Å². The third-order valence-corrected chi connectivity index (χ3v) is 10.9. The SMILES string of the molecule is COc1ccc(NC(=O)CN(c2ccc(S(=O)(=O)N(C)C)cc2)S(C)(=O)=O)cc1S(=O)(=O)N1CCCCC1. The van der Waals surface area contributed by atoms with Crippen molar-refractivity contribution in [3.8, 4) is 5.75 Å². The maximum atomic E-state index is 13.2. The summed E-state index contributed by atoms with van der Waals surface area (Å²) >= 11 is 0. The van der Waals surface area contributed by atoms with Crippen LogP contribution in [0, 0.1) is 0 Å². The minimum atomic E-state index is -3.94. The molecule has 0 aromatic heterocycles. The van der Waals surface area contributed by atoms with Crippen molar-refractivity contribution in [1.82, 2.24) is 8.61 Å². The first kappa shape index (κ1) is 29.8. The van der Waals surface area contributed by atoms with Gasteiger partial charge in [-0.05, 0) is 55.3 Å². The first-order chi connectivity index (χ1) is 17.7. The van der Waals surface area contributed by atoms with Crippen molar-refractivity contribution in [1.29, 1.82) is 0 Å². The number of amides is 1. The second-order valence-electron chi connectivity index (χ2n) is 8.93. The Balaban J connectivity index is 1.85. The van der Waals surface area contributed by atoms with Gasteiger partial charge in [-0.2, -0.15) is 4.31 Å². The van der Waals surface area contributed by atoms with Crippen LogP contribution < -0.4 is 14.4 Å². The standard InChI is InChI=1S/C23H32N4O8S3/c1-25(2)37(31,32)20-11-9-19(10-12-20)27(36(4,29)30)17-23(28)24-18-8-13-21(35-3)22(16-18)38(33,34)26-14-6-5-7-15-26/h8-13,16H,5-7,14-15,17H2,1-4H3,(H,24,28). The molecule has 1 heterocycles. The molecule has 0 aliphatic carbocycles. The van der Waals surface area contributed by atoms with Crippen molar-refractivity contribution >= 4 is 47.4 Å². The molecule has 3 rings (SSSR count). The van der Waals surface area contributed by atoms with Gasteiger partial charge >= 0.3 is 0 Å². The number of sulfonamides is 3. The number of ether oxygens (including phenoxy) is 1. The largest absolute Gasteiger partial charge is 0.495 e. The van der Waals surface area contributed by atoms with Crippen LogP contribution in [0.1, 0.15) is 19.3 Å². The predicted octanol–water partition coefficient (Wildman–Crippen LogP) is 1.52. The van der Waals surface area contributed by atoms with E-state index in [-0.39, 0.29) is 26.9 Å². The maximum absolute atomic E-state index is 13.2. The molecular formula is C23H32N4O8S3. The Labute approximate surface area is 224 Å². The Morgan fingerprint density at radius 3 is 2.08 bits per heavy atom. The number of nitrogens with one attached hydrogen (secondary N) is 1. The molecule has 38 heavy (non-hydrogen) atoms. The van der Waals surface area contributed by atoms with E-state index >= 15 is 0 Å². The minimum Gasteiger partial charge on any atom is -0.495 e. The van der Waals surface area contributed by atoms with Crippen molar-refractivity contribution in [3.05, 3.63) is 42.5 Å². The Morgan fingerprint density at radius 2 is 1.55 bits per heavy atom. The minimum absolute atomic E-state index is 0.0372. The first-order valence-corrected chi connectivity index (χ1v) is 16.4. The van der Waals surface area contributed by atoms with Gasteiger partial charge in [0.2, 0.25) is 36.0 Å². The van der Waals surface area contributed by atoms with Crippen molar-refractivity contribution in [2.75, 3.05) is 56.7 Å². The number of methoxy groups -OCH3 is 1. The molecule has 1 fully saturated rings. The van der Waals surface area contributed by atoms with Crippen LogP contribution in [-0.4, -0.2) is 86.9 Å². The summed E-state index contributed by atoms with van der Waals surface area (Å²) < 4.78 is 84.5. The average Bonchev–Trinajstić information content (AvgIpc) is 2.87. The monoisotopic (exact) mass is 588 g/mol. The molecule has 210 valence electrons. The van der Waals surface area contributed by atoms with Gasteiger partial charge in [-0.15, -0.1) is 0 Å². The van der Waals surface area contributed by atoms with Crippen molar-refractivity contribution in [2.24, 2.45) is 0 Å². The summed E-state index contributed by atoms with van der Waals surface area (Å²) in [6.45, 7) is 0.152. The van der Waals surface area contributed by atoms with Gasteiger partial charge < -0.3 is 10.1 Å². The number of carbonyl (C=O) groups excluding carboxylic acids is 1. The average molecular weight is 589 g/mol. The fourth-order valence-electron chi connectivity index (χ4n) is 3.93. The lowest BCUT2D eigenvalue weighted by molar-refractivity contribution is -0.114. The number of nitrogens with zero attached hydrogens (tertiary/aromatic N) is 3. The molecule has 1 amide bonds. The third-order valence-electron chi connectivity index (χ3n) is 5.97. The molecule has 15 heteroatoms. The number of piperidine rings is 1. The van der Waals surface area contributed by atoms with E-state index in [1.807, 2.05) is 0 Å². The molecule has 1 N–H and O–H groups in total. The molecule has 12 nitrogen and oxygen atoms in total. The van der Waals surface area contributed by atoms with Crippen LogP contribution in [0.25, 0.3) is 0 Å². The van der Waals surface area contributed by atoms with Crippen molar-refractivity contribution < 1.29 is 34.8 Å². The Morgan fingerprint density at radius 1 is 0.947 bits per heavy atom. The third kappa shape index (κ3) is 6.64. The number of anilines is 2. The van der Waals surface area contributed by atoms with Gasteiger partial charge in [0.25, 0.3) is 0 Å². The quantitative estimate of drug-likeness (QED) is 0.439. The van der Waals surface area contributed by atoms with E-state index in [0.717, 1.165) is 34.1 Å². The molecular weight excluding hydrogens is 556 g/mol. The number of rotatable bonds is 10. The molecule has 2 aromatic rings. The van der Waals surface area contributed by atoms with Crippen LogP contribution in [0.2, 0.25) is 0 Å². The summed E-state index contributed by atoms with van der Waals surface area (Å²) in [5.74, 6) is -0.606. The lowest BCUT2D eigenvalue weighted by atomic mass is 10.2. The Hall–Kier alpha value is -2.72. The van der Waals surface area contributed by atoms with E-state index in [4.69, 9.17) is 4.74 Å². The summed E-state index contributed by atoms with van der Waals surface area (Å²) in [6, 6.07) is 9.25. The molecule has 2 aromatic carbocycles. The summed E-state index contributed by atoms with van der Waals surface area (Å²) in [6.07, 6.45) is 3.37. The Kier molecular flexibility index (Phi) is 9.08. The van der Waals surface area contributed by atoms with Crippen molar-refractivity contribution in [3.63, 3.8) is 0 Å². The van der Waals surface area contributed by atoms with E-state index < -0.39 is 42.5 Å². The molecule has 1 aliphatic heterocycles. The molecule has 0 radical (unpaired) electrons. The maximum Gasteiger partial charge on any atom is 0.246 e. The van der Waals surface area contributed by atoms with Gasteiger partial charge in [0.05, 0.1) is 23.9 Å². The summed E-state index contributed by atoms with van der Waals surface area (Å²) in [5.41, 5.74) is 0.232. The van der Waals surface area contributed by atoms with Crippen LogP contribution in [0.3, 0.4) is 0 Å². The molecule has 0 unspecified atom stereocenters. The lowest BCUT2D eigenvalue weighted by Crippen LogP contribution is -2.37. The summed E-state index contributed by atoms with van der Waals surface area (Å²) in [5, 5.41) is 2.55. The molecule has 0 saturated carbocycles. The van der Waals surface area contributed by atoms with Gasteiger partial charge in [-0.1, -0.05) is 6.42 Å². The van der Waals surface area contributed by atoms with Crippen LogP contribution in [0.15, 0.2) is 52.3 Å². The van der Waals surface area contributed by atoms with E-state index in [1.165, 1.54) is 68.0 Å². The molecule has 0 atom stereocenters. The second kappa shape index (κ2) is 11.6. The highest BCUT2D eigenvalue weighted by molar-refractivity contribution is 7.92. The number of carbonyl (C=O) groups is 1. The highest BCUT2D eigenvalue weighted by Gasteiger charge is 2.30. The van der Waals surface area contributed by atoms with Crippen molar-refractivity contribution in [2.45, 2.75) is 29.1 Å². The van der Waals surface area contributed by atoms with Gasteiger partial charge in [0, 0.05) is 32.9 Å².